The lowest BCUT2D eigenvalue weighted by Crippen LogP contribution is -2.61. The van der Waals surface area contributed by atoms with Crippen molar-refractivity contribution in [2.45, 2.75) is 156 Å². The molecule has 0 radical (unpaired) electrons. The van der Waals surface area contributed by atoms with E-state index in [1.165, 1.54) is 6.92 Å². The van der Waals surface area contributed by atoms with Crippen molar-refractivity contribution in [1.29, 1.82) is 0 Å². The molecule has 0 saturated carbocycles. The predicted molar refractivity (Wildman–Crippen MR) is 222 cm³/mol. The average Bonchev–Trinajstić information content (AvgIpc) is 3.13. The summed E-state index contributed by atoms with van der Waals surface area (Å²) in [6.45, 7) is 14.9. The Balaban J connectivity index is 6.53. The van der Waals surface area contributed by atoms with E-state index in [0.717, 1.165) is 7.11 Å². The Kier molecular flexibility index (Phi) is 25.3. The zero-order valence-corrected chi connectivity index (χ0v) is 37.4. The number of aliphatic carboxylic acids is 2. The second-order valence-electron chi connectivity index (χ2n) is 16.7. The molecule has 0 fully saturated rings. The summed E-state index contributed by atoms with van der Waals surface area (Å²) in [5.41, 5.74) is 5.38. The fourth-order valence-corrected chi connectivity index (χ4v) is 6.10. The van der Waals surface area contributed by atoms with Gasteiger partial charge in [0.05, 0.1) is 13.5 Å². The van der Waals surface area contributed by atoms with Crippen molar-refractivity contribution in [2.24, 2.45) is 29.4 Å². The number of carboxylic acid groups (broad SMARTS) is 2. The molecule has 0 unspecified atom stereocenters. The van der Waals surface area contributed by atoms with Crippen LogP contribution in [0.2, 0.25) is 0 Å². The Hall–Kier alpha value is -5.83. The van der Waals surface area contributed by atoms with Crippen LogP contribution in [0.25, 0.3) is 0 Å². The molecule has 22 nitrogen and oxygen atoms in total. The Labute approximate surface area is 362 Å². The van der Waals surface area contributed by atoms with Gasteiger partial charge in [0.1, 0.15) is 42.3 Å². The van der Waals surface area contributed by atoms with Crippen molar-refractivity contribution in [3.63, 3.8) is 0 Å². The second-order valence-corrected chi connectivity index (χ2v) is 16.7. The van der Waals surface area contributed by atoms with Crippen LogP contribution >= 0.6 is 0 Å². The maximum atomic E-state index is 13.9. The van der Waals surface area contributed by atoms with Gasteiger partial charge >= 0.3 is 17.9 Å². The molecule has 0 spiro atoms. The van der Waals surface area contributed by atoms with Gasteiger partial charge in [0.25, 0.3) is 0 Å². The largest absolute Gasteiger partial charge is 0.481 e. The van der Waals surface area contributed by atoms with E-state index in [1.807, 2.05) is 0 Å². The van der Waals surface area contributed by atoms with Crippen molar-refractivity contribution in [2.75, 3.05) is 7.11 Å². The zero-order chi connectivity index (χ0) is 48.0. The quantitative estimate of drug-likeness (QED) is 0.0402. The van der Waals surface area contributed by atoms with Crippen molar-refractivity contribution in [1.82, 2.24) is 37.2 Å². The number of primary amides is 1. The van der Waals surface area contributed by atoms with Crippen LogP contribution in [0.4, 0.5) is 0 Å². The summed E-state index contributed by atoms with van der Waals surface area (Å²) in [5, 5.41) is 36.0. The monoisotopic (exact) mass is 884 g/mol. The summed E-state index contributed by atoms with van der Waals surface area (Å²) in [5.74, 6) is -11.6. The molecule has 352 valence electrons. The minimum Gasteiger partial charge on any atom is -0.481 e. The number of ether oxygens (including phenoxy) is 1. The van der Waals surface area contributed by atoms with E-state index in [0.29, 0.717) is 0 Å². The summed E-state index contributed by atoms with van der Waals surface area (Å²) in [4.78, 5) is 141. The van der Waals surface area contributed by atoms with Crippen molar-refractivity contribution < 1.29 is 67.7 Å². The summed E-state index contributed by atoms with van der Waals surface area (Å²) < 4.78 is 4.78. The predicted octanol–water partition coefficient (Wildman–Crippen LogP) is -1.03. The second kappa shape index (κ2) is 27.9. The van der Waals surface area contributed by atoms with Gasteiger partial charge in [-0.25, -0.2) is 4.79 Å². The highest BCUT2D eigenvalue weighted by atomic mass is 16.5. The molecule has 0 aliphatic heterocycles. The van der Waals surface area contributed by atoms with Gasteiger partial charge in [-0.2, -0.15) is 0 Å². The van der Waals surface area contributed by atoms with Crippen LogP contribution in [0.5, 0.6) is 0 Å². The lowest BCUT2D eigenvalue weighted by molar-refractivity contribution is -0.146. The minimum atomic E-state index is -1.63. The molecule has 0 rings (SSSR count). The lowest BCUT2D eigenvalue weighted by Gasteiger charge is -2.29. The van der Waals surface area contributed by atoms with E-state index in [2.05, 4.69) is 37.2 Å². The number of nitrogens with two attached hydrogens (primary N) is 1. The molecule has 22 heteroatoms. The van der Waals surface area contributed by atoms with Gasteiger partial charge in [-0.1, -0.05) is 55.4 Å². The number of amides is 8. The van der Waals surface area contributed by atoms with E-state index in [1.54, 1.807) is 55.4 Å². The molecule has 62 heavy (non-hydrogen) atoms. The summed E-state index contributed by atoms with van der Waals surface area (Å²) in [7, 11) is 1.13. The molecule has 7 atom stereocenters. The van der Waals surface area contributed by atoms with Crippen LogP contribution in [-0.2, 0) is 57.5 Å². The van der Waals surface area contributed by atoms with Crippen molar-refractivity contribution >= 4 is 65.2 Å². The third-order valence-corrected chi connectivity index (χ3v) is 9.10. The Morgan fingerprint density at radius 1 is 0.484 bits per heavy atom. The topological polar surface area (TPSA) is 348 Å². The highest BCUT2D eigenvalue weighted by molar-refractivity contribution is 5.98. The van der Waals surface area contributed by atoms with Crippen LogP contribution in [0.15, 0.2) is 0 Å². The van der Waals surface area contributed by atoms with Gasteiger partial charge in [0.2, 0.25) is 47.3 Å². The number of rotatable bonds is 29. The fraction of sp³-hybridized carbons (Fsp3) is 0.725. The Morgan fingerprint density at radius 3 is 1.19 bits per heavy atom. The van der Waals surface area contributed by atoms with Gasteiger partial charge in [0, 0.05) is 19.8 Å². The SMILES string of the molecule is COC(=O)[C@H](CC(C)C)NC(=O)[C@H](CC(N)=O)NC(=O)[C@H](CC(C)C)NC(=O)[C@@H](NC(=O)[C@H](CCC(=O)O)NC(=O)[C@H](CCC(=O)O)NC(=O)[C@H](CC(C)C)NC(C)=O)C(C)C. The van der Waals surface area contributed by atoms with Gasteiger partial charge < -0.3 is 57.9 Å². The van der Waals surface area contributed by atoms with E-state index in [-0.39, 0.29) is 37.0 Å². The van der Waals surface area contributed by atoms with Gasteiger partial charge in [0.15, 0.2) is 0 Å². The fourth-order valence-electron chi connectivity index (χ4n) is 6.10. The smallest absolute Gasteiger partial charge is 0.328 e. The van der Waals surface area contributed by atoms with E-state index in [9.17, 15) is 63.0 Å². The molecule has 11 N–H and O–H groups in total. The van der Waals surface area contributed by atoms with E-state index >= 15 is 0 Å². The molecule has 0 aliphatic carbocycles. The first kappa shape index (κ1) is 56.2. The van der Waals surface area contributed by atoms with Crippen LogP contribution < -0.4 is 43.0 Å². The maximum absolute atomic E-state index is 13.9. The third kappa shape index (κ3) is 22.7. The molecular weight excluding hydrogens is 816 g/mol. The van der Waals surface area contributed by atoms with Gasteiger partial charge in [-0.3, -0.25) is 47.9 Å². The van der Waals surface area contributed by atoms with Crippen molar-refractivity contribution in [3.8, 4) is 0 Å². The number of carbonyl (C=O) groups excluding carboxylic acids is 9. The molecule has 0 aromatic carbocycles. The van der Waals surface area contributed by atoms with Crippen molar-refractivity contribution in [3.05, 3.63) is 0 Å². The molecule has 0 bridgehead atoms. The highest BCUT2D eigenvalue weighted by Gasteiger charge is 2.36. The van der Waals surface area contributed by atoms with Crippen LogP contribution in [0.3, 0.4) is 0 Å². The number of carbonyl (C=O) groups is 11. The number of hydrogen-bond donors (Lipinski definition) is 10. The Morgan fingerprint density at radius 2 is 0.823 bits per heavy atom. The highest BCUT2D eigenvalue weighted by Crippen LogP contribution is 2.13. The first-order valence-corrected chi connectivity index (χ1v) is 20.6. The summed E-state index contributed by atoms with van der Waals surface area (Å²) >= 11 is 0. The number of esters is 1. The lowest BCUT2D eigenvalue weighted by atomic mass is 9.98. The molecule has 0 heterocycles. The molecule has 0 saturated heterocycles. The minimum absolute atomic E-state index is 0.0000872. The van der Waals surface area contributed by atoms with Crippen LogP contribution in [-0.4, -0.2) is 125 Å². The molecule has 0 aromatic rings. The molecule has 0 aromatic heterocycles. The molecule has 8 amide bonds. The Bertz CT molecular complexity index is 1600. The summed E-state index contributed by atoms with van der Waals surface area (Å²) in [6.07, 6.45) is -2.52. The zero-order valence-electron chi connectivity index (χ0n) is 37.4. The van der Waals surface area contributed by atoms with Gasteiger partial charge in [-0.15, -0.1) is 0 Å². The molecule has 0 aliphatic rings. The normalized spacial score (nSPS) is 14.5. The first-order chi connectivity index (χ1) is 28.7. The maximum Gasteiger partial charge on any atom is 0.328 e. The van der Waals surface area contributed by atoms with Crippen LogP contribution in [0.1, 0.15) is 114 Å². The number of hydrogen-bond acceptors (Lipinski definition) is 12. The number of methoxy groups -OCH3 is 1. The first-order valence-electron chi connectivity index (χ1n) is 20.6. The van der Waals surface area contributed by atoms with E-state index < -0.39 is 145 Å². The number of nitrogens with one attached hydrogen (secondary N) is 7. The number of carboxylic acids is 2. The average molecular weight is 885 g/mol. The van der Waals surface area contributed by atoms with E-state index in [4.69, 9.17) is 10.5 Å². The third-order valence-electron chi connectivity index (χ3n) is 9.10. The standard InChI is InChI=1S/C40H68N8O14/c1-19(2)15-26(42-23(9)49)36(57)44-24(11-13-31(51)52)34(55)43-25(12-14-32(53)54)35(56)48-33(22(7)8)39(60)46-27(16-20(3)4)37(58)45-28(18-30(41)50)38(59)47-29(17-21(5)6)40(61)62-10/h19-22,24-29,33H,11-18H2,1-10H3,(H2,41,50)(H,42,49)(H,43,55)(H,44,57)(H,45,58)(H,46,60)(H,47,59)(H,48,56)(H,51,52)(H,53,54)/t24-,25-,26-,27-,28-,29-,33-/m0/s1. The van der Waals surface area contributed by atoms with Gasteiger partial charge in [-0.05, 0) is 55.8 Å². The van der Waals surface area contributed by atoms with Crippen LogP contribution in [0, 0.1) is 23.7 Å². The summed E-state index contributed by atoms with van der Waals surface area (Å²) in [6, 6.07) is -9.72. The molecular formula is C40H68N8O14.